The van der Waals surface area contributed by atoms with E-state index < -0.39 is 27.6 Å². The van der Waals surface area contributed by atoms with E-state index in [9.17, 15) is 18.0 Å². The summed E-state index contributed by atoms with van der Waals surface area (Å²) in [6, 6.07) is 11.7. The first-order valence-corrected chi connectivity index (χ1v) is 15.2. The average molecular weight is 604 g/mol. The highest BCUT2D eigenvalue weighted by Gasteiger charge is 2.40. The summed E-state index contributed by atoms with van der Waals surface area (Å²) in [5.41, 5.74) is 1.83. The van der Waals surface area contributed by atoms with Crippen LogP contribution in [0.15, 0.2) is 58.5 Å². The number of hydrogen-bond donors (Lipinski definition) is 0. The van der Waals surface area contributed by atoms with Crippen LogP contribution in [0.1, 0.15) is 32.3 Å². The van der Waals surface area contributed by atoms with E-state index in [2.05, 4.69) is 0 Å². The molecule has 2 aromatic carbocycles. The van der Waals surface area contributed by atoms with Crippen LogP contribution >= 0.6 is 11.6 Å². The molecule has 41 heavy (non-hydrogen) atoms. The van der Waals surface area contributed by atoms with Crippen molar-refractivity contribution in [1.29, 1.82) is 0 Å². The molecule has 12 heteroatoms. The lowest BCUT2D eigenvalue weighted by Gasteiger charge is -2.30. The molecule has 0 bridgehead atoms. The Balaban J connectivity index is 1.28. The first-order chi connectivity index (χ1) is 19.3. The number of benzene rings is 2. The number of carbonyl (C=O) groups is 2. The Morgan fingerprint density at radius 1 is 1.00 bits per heavy atom. The quantitative estimate of drug-likeness (QED) is 0.461. The third kappa shape index (κ3) is 6.32. The number of carbonyl (C=O) groups excluding carboxylic acids is 2. The molecular formula is C29H34ClN3O7S. The normalized spacial score (nSPS) is 17.8. The van der Waals surface area contributed by atoms with E-state index in [0.717, 1.165) is 11.1 Å². The second-order valence-electron chi connectivity index (χ2n) is 11.4. The minimum absolute atomic E-state index is 0.0971. The second-order valence-corrected chi connectivity index (χ2v) is 13.8. The molecule has 10 nitrogen and oxygen atoms in total. The van der Waals surface area contributed by atoms with Crippen molar-refractivity contribution in [2.75, 3.05) is 53.0 Å². The summed E-state index contributed by atoms with van der Waals surface area (Å²) in [6.07, 6.45) is -0.528. The summed E-state index contributed by atoms with van der Waals surface area (Å²) >= 11 is 6.25. The molecule has 0 fully saturated rings. The Morgan fingerprint density at radius 2 is 1.66 bits per heavy atom. The van der Waals surface area contributed by atoms with Gasteiger partial charge in [-0.1, -0.05) is 23.7 Å². The topological polar surface area (TPSA) is 106 Å². The molecule has 0 unspecified atom stereocenters. The van der Waals surface area contributed by atoms with Gasteiger partial charge < -0.3 is 24.0 Å². The molecule has 0 radical (unpaired) electrons. The van der Waals surface area contributed by atoms with Crippen molar-refractivity contribution in [3.05, 3.63) is 64.2 Å². The van der Waals surface area contributed by atoms with Gasteiger partial charge in [-0.2, -0.15) is 4.31 Å². The number of rotatable bonds is 6. The van der Waals surface area contributed by atoms with Crippen molar-refractivity contribution in [2.45, 2.75) is 37.2 Å². The summed E-state index contributed by atoms with van der Waals surface area (Å²) in [5.74, 6) is 0.0947. The Hall–Kier alpha value is -3.28. The van der Waals surface area contributed by atoms with Crippen LogP contribution in [-0.2, 0) is 19.6 Å². The maximum Gasteiger partial charge on any atom is 0.410 e. The van der Waals surface area contributed by atoms with Crippen molar-refractivity contribution >= 4 is 33.6 Å². The fourth-order valence-corrected chi connectivity index (χ4v) is 6.81. The van der Waals surface area contributed by atoms with Crippen LogP contribution in [0, 0.1) is 0 Å². The van der Waals surface area contributed by atoms with Gasteiger partial charge in [0.25, 0.3) is 0 Å². The molecule has 2 aromatic rings. The monoisotopic (exact) mass is 603 g/mol. The highest BCUT2D eigenvalue weighted by molar-refractivity contribution is 7.89. The Kier molecular flexibility index (Phi) is 7.97. The van der Waals surface area contributed by atoms with Crippen molar-refractivity contribution in [1.82, 2.24) is 14.1 Å². The second kappa shape index (κ2) is 11.2. The highest BCUT2D eigenvalue weighted by Crippen LogP contribution is 2.36. The van der Waals surface area contributed by atoms with Gasteiger partial charge >= 0.3 is 6.09 Å². The summed E-state index contributed by atoms with van der Waals surface area (Å²) in [6.45, 7) is 7.28. The van der Waals surface area contributed by atoms with Gasteiger partial charge in [0, 0.05) is 50.9 Å². The SMILES string of the molecule is CN(C[C@H](C(=O)N1CC2=C(C1)CN(S(=O)(=O)c1ccc3c(c1)OCCO3)C2)c1cccc(Cl)c1)C(=O)OC(C)(C)C. The van der Waals surface area contributed by atoms with Crippen molar-refractivity contribution < 1.29 is 32.2 Å². The molecule has 0 saturated carbocycles. The highest BCUT2D eigenvalue weighted by atomic mass is 35.5. The van der Waals surface area contributed by atoms with Gasteiger partial charge in [-0.05, 0) is 61.7 Å². The van der Waals surface area contributed by atoms with Crippen LogP contribution in [0.5, 0.6) is 11.5 Å². The molecule has 3 aliphatic rings. The lowest BCUT2D eigenvalue weighted by molar-refractivity contribution is -0.132. The predicted molar refractivity (Wildman–Crippen MR) is 153 cm³/mol. The molecular weight excluding hydrogens is 570 g/mol. The van der Waals surface area contributed by atoms with E-state index in [4.69, 9.17) is 25.8 Å². The van der Waals surface area contributed by atoms with Crippen molar-refractivity contribution in [3.63, 3.8) is 0 Å². The standard InChI is InChI=1S/C29H34ClN3O7S/c1-29(2,3)40-28(35)31(4)18-24(19-6-5-7-22(30)12-19)27(34)32-14-20-16-33(17-21(20)15-32)41(36,37)23-8-9-25-26(13-23)39-11-10-38-25/h5-9,12-13,24H,10-11,14-18H2,1-4H3/t24-/m0/s1. The lowest BCUT2D eigenvalue weighted by atomic mass is 9.97. The number of amides is 2. The zero-order chi connectivity index (χ0) is 29.5. The molecule has 3 aliphatic heterocycles. The zero-order valence-electron chi connectivity index (χ0n) is 23.6. The van der Waals surface area contributed by atoms with Crippen LogP contribution in [-0.4, -0.2) is 93.1 Å². The molecule has 0 N–H and O–H groups in total. The number of sulfonamides is 1. The maximum absolute atomic E-state index is 13.9. The van der Waals surface area contributed by atoms with Crippen molar-refractivity contribution in [2.24, 2.45) is 0 Å². The van der Waals surface area contributed by atoms with Gasteiger partial charge in [0.05, 0.1) is 10.8 Å². The van der Waals surface area contributed by atoms with Gasteiger partial charge in [0.1, 0.15) is 18.8 Å². The van der Waals surface area contributed by atoms with E-state index in [1.807, 2.05) is 6.07 Å². The van der Waals surface area contributed by atoms with E-state index in [0.29, 0.717) is 48.4 Å². The Morgan fingerprint density at radius 3 is 2.29 bits per heavy atom. The number of halogens is 1. The third-order valence-electron chi connectivity index (χ3n) is 7.17. The molecule has 5 rings (SSSR count). The smallest absolute Gasteiger partial charge is 0.410 e. The molecule has 0 aromatic heterocycles. The molecule has 220 valence electrons. The number of nitrogens with zero attached hydrogens (tertiary/aromatic N) is 3. The van der Waals surface area contributed by atoms with Crippen LogP contribution in [0.25, 0.3) is 0 Å². The van der Waals surface area contributed by atoms with Gasteiger partial charge in [0.2, 0.25) is 15.9 Å². The summed E-state index contributed by atoms with van der Waals surface area (Å²) in [4.78, 5) is 29.8. The number of likely N-dealkylation sites (N-methyl/N-ethyl adjacent to an activating group) is 1. The summed E-state index contributed by atoms with van der Waals surface area (Å²) in [7, 11) is -2.18. The molecule has 3 heterocycles. The minimum atomic E-state index is -3.78. The van der Waals surface area contributed by atoms with Crippen LogP contribution < -0.4 is 9.47 Å². The lowest BCUT2D eigenvalue weighted by Crippen LogP contribution is -2.43. The zero-order valence-corrected chi connectivity index (χ0v) is 25.1. The largest absolute Gasteiger partial charge is 0.486 e. The summed E-state index contributed by atoms with van der Waals surface area (Å²) < 4.78 is 44.9. The van der Waals surface area contributed by atoms with E-state index in [1.165, 1.54) is 21.3 Å². The van der Waals surface area contributed by atoms with E-state index in [1.54, 1.807) is 57.0 Å². The summed E-state index contributed by atoms with van der Waals surface area (Å²) in [5, 5.41) is 0.488. The first kappa shape index (κ1) is 29.2. The minimum Gasteiger partial charge on any atom is -0.486 e. The van der Waals surface area contributed by atoms with Gasteiger partial charge in [-0.15, -0.1) is 0 Å². The van der Waals surface area contributed by atoms with Gasteiger partial charge in [-0.25, -0.2) is 13.2 Å². The Labute approximate surface area is 245 Å². The molecule has 2 amide bonds. The van der Waals surface area contributed by atoms with Crippen molar-refractivity contribution in [3.8, 4) is 11.5 Å². The molecule has 1 atom stereocenters. The fraction of sp³-hybridized carbons (Fsp3) is 0.448. The molecule has 0 aliphatic carbocycles. The van der Waals surface area contributed by atoms with Crippen LogP contribution in [0.3, 0.4) is 0 Å². The number of ether oxygens (including phenoxy) is 3. The maximum atomic E-state index is 13.9. The predicted octanol–water partition coefficient (Wildman–Crippen LogP) is 3.91. The number of hydrogen-bond acceptors (Lipinski definition) is 7. The molecule has 0 saturated heterocycles. The van der Waals surface area contributed by atoms with E-state index >= 15 is 0 Å². The van der Waals surface area contributed by atoms with Gasteiger partial charge in [-0.3, -0.25) is 4.79 Å². The fourth-order valence-electron chi connectivity index (χ4n) is 5.16. The Bertz CT molecular complexity index is 1480. The van der Waals surface area contributed by atoms with E-state index in [-0.39, 0.29) is 30.4 Å². The van der Waals surface area contributed by atoms with Crippen LogP contribution in [0.2, 0.25) is 5.02 Å². The number of fused-ring (bicyclic) bond motifs is 1. The average Bonchev–Trinajstić information content (AvgIpc) is 3.50. The molecule has 0 spiro atoms. The van der Waals surface area contributed by atoms with Crippen LogP contribution in [0.4, 0.5) is 4.79 Å². The third-order valence-corrected chi connectivity index (χ3v) is 9.19. The van der Waals surface area contributed by atoms with Gasteiger partial charge in [0.15, 0.2) is 11.5 Å². The first-order valence-electron chi connectivity index (χ1n) is 13.4.